The van der Waals surface area contributed by atoms with E-state index in [2.05, 4.69) is 4.98 Å². The van der Waals surface area contributed by atoms with E-state index in [1.165, 1.54) is 28.4 Å². The second-order valence-electron chi connectivity index (χ2n) is 6.53. The number of benzene rings is 2. The number of ether oxygens (including phenoxy) is 1. The molecule has 0 bridgehead atoms. The highest BCUT2D eigenvalue weighted by Gasteiger charge is 2.27. The summed E-state index contributed by atoms with van der Waals surface area (Å²) in [4.78, 5) is 29.6. The van der Waals surface area contributed by atoms with Gasteiger partial charge in [0.25, 0.3) is 5.91 Å². The average molecular weight is 423 g/mol. The molecule has 2 heterocycles. The molecule has 8 nitrogen and oxygen atoms in total. The Hall–Kier alpha value is -3.72. The van der Waals surface area contributed by atoms with Gasteiger partial charge >= 0.3 is 5.88 Å². The van der Waals surface area contributed by atoms with Gasteiger partial charge in [-0.25, -0.2) is 4.98 Å². The third-order valence-corrected chi connectivity index (χ3v) is 5.77. The number of methoxy groups -OCH3 is 1. The summed E-state index contributed by atoms with van der Waals surface area (Å²) in [5, 5.41) is 11.4. The van der Waals surface area contributed by atoms with Crippen LogP contribution in [-0.2, 0) is 6.54 Å². The maximum atomic E-state index is 13.2. The summed E-state index contributed by atoms with van der Waals surface area (Å²) in [5.74, 6) is -0.512. The molecule has 9 heteroatoms. The van der Waals surface area contributed by atoms with Gasteiger partial charge in [0.05, 0.1) is 24.4 Å². The summed E-state index contributed by atoms with van der Waals surface area (Å²) in [5.41, 5.74) is 2.55. The molecule has 0 aliphatic rings. The minimum atomic E-state index is -0.676. The van der Waals surface area contributed by atoms with Gasteiger partial charge in [0.15, 0.2) is 10.9 Å². The Kier molecular flexibility index (Phi) is 5.20. The zero-order valence-electron chi connectivity index (χ0n) is 16.2. The fraction of sp³-hybridized carbons (Fsp3) is 0.143. The minimum absolute atomic E-state index is 0.124. The van der Waals surface area contributed by atoms with Crippen molar-refractivity contribution >= 4 is 38.5 Å². The quantitative estimate of drug-likeness (QED) is 0.321. The summed E-state index contributed by atoms with van der Waals surface area (Å²) in [6.07, 6.45) is 0. The summed E-state index contributed by atoms with van der Waals surface area (Å²) >= 11 is 1.36. The third kappa shape index (κ3) is 3.62. The van der Waals surface area contributed by atoms with Crippen molar-refractivity contribution in [3.05, 3.63) is 81.6 Å². The van der Waals surface area contributed by atoms with Gasteiger partial charge in [0.2, 0.25) is 0 Å². The number of thiazole rings is 1. The largest absolute Gasteiger partial charge is 0.494 e. The van der Waals surface area contributed by atoms with E-state index < -0.39 is 16.7 Å². The van der Waals surface area contributed by atoms with Crippen molar-refractivity contribution in [3.8, 4) is 5.75 Å². The first-order valence-corrected chi connectivity index (χ1v) is 9.83. The van der Waals surface area contributed by atoms with Gasteiger partial charge in [-0.3, -0.25) is 19.8 Å². The lowest BCUT2D eigenvalue weighted by Gasteiger charge is -2.18. The molecule has 0 unspecified atom stereocenters. The molecule has 152 valence electrons. The molecule has 4 rings (SSSR count). The number of hydrogen-bond donors (Lipinski definition) is 0. The summed E-state index contributed by atoms with van der Waals surface area (Å²) in [6.45, 7) is 2.19. The number of nitrogens with zero attached hydrogens (tertiary/aromatic N) is 3. The summed E-state index contributed by atoms with van der Waals surface area (Å²) in [7, 11) is 1.57. The van der Waals surface area contributed by atoms with E-state index in [9.17, 15) is 14.9 Å². The molecular formula is C21H17N3O5S. The van der Waals surface area contributed by atoms with Crippen LogP contribution in [0.15, 0.2) is 59.0 Å². The van der Waals surface area contributed by atoms with Crippen LogP contribution < -0.4 is 9.64 Å². The number of nitro groups is 1. The topological polar surface area (TPSA) is 98.7 Å². The first-order chi connectivity index (χ1) is 14.5. The molecule has 0 N–H and O–H groups in total. The number of furan rings is 1. The highest BCUT2D eigenvalue weighted by atomic mass is 32.1. The minimum Gasteiger partial charge on any atom is -0.494 e. The van der Waals surface area contributed by atoms with Crippen molar-refractivity contribution in [2.75, 3.05) is 12.0 Å². The van der Waals surface area contributed by atoms with Gasteiger partial charge in [-0.1, -0.05) is 47.7 Å². The van der Waals surface area contributed by atoms with Gasteiger partial charge in [-0.2, -0.15) is 0 Å². The maximum Gasteiger partial charge on any atom is 0.433 e. The average Bonchev–Trinajstić information content (AvgIpc) is 3.41. The van der Waals surface area contributed by atoms with E-state index in [-0.39, 0.29) is 12.3 Å². The number of rotatable bonds is 6. The molecule has 30 heavy (non-hydrogen) atoms. The Morgan fingerprint density at radius 2 is 1.97 bits per heavy atom. The van der Waals surface area contributed by atoms with Crippen molar-refractivity contribution in [1.82, 2.24) is 4.98 Å². The molecule has 0 saturated carbocycles. The molecule has 0 atom stereocenters. The molecule has 4 aromatic rings. The highest BCUT2D eigenvalue weighted by Crippen LogP contribution is 2.37. The van der Waals surface area contributed by atoms with Crippen LogP contribution in [0.2, 0.25) is 0 Å². The number of hydrogen-bond acceptors (Lipinski definition) is 7. The molecule has 0 radical (unpaired) electrons. The Morgan fingerprint density at radius 3 is 2.63 bits per heavy atom. The number of aryl methyl sites for hydroxylation is 1. The van der Waals surface area contributed by atoms with Gasteiger partial charge in [-0.05, 0) is 30.2 Å². The third-order valence-electron chi connectivity index (χ3n) is 4.55. The lowest BCUT2D eigenvalue weighted by atomic mass is 10.2. The van der Waals surface area contributed by atoms with Crippen molar-refractivity contribution in [1.29, 1.82) is 0 Å². The Labute approximate surface area is 175 Å². The van der Waals surface area contributed by atoms with Crippen molar-refractivity contribution in [3.63, 3.8) is 0 Å². The normalized spacial score (nSPS) is 10.9. The second-order valence-corrected chi connectivity index (χ2v) is 7.51. The summed E-state index contributed by atoms with van der Waals surface area (Å²) < 4.78 is 11.5. The standard InChI is InChI=1S/C21H17N3O5S/c1-13-8-9-15(28-2)18-19(13)30-21(22-18)23(12-14-6-4-3-5-7-14)20(25)16-10-11-17(29-16)24(26)27/h3-11H,12H2,1-2H3. The first kappa shape index (κ1) is 19.6. The van der Waals surface area contributed by atoms with Gasteiger partial charge in [0, 0.05) is 0 Å². The molecule has 0 saturated heterocycles. The number of anilines is 1. The number of carbonyl (C=O) groups is 1. The zero-order chi connectivity index (χ0) is 21.3. The van der Waals surface area contributed by atoms with E-state index in [1.807, 2.05) is 49.4 Å². The number of aromatic nitrogens is 1. The van der Waals surface area contributed by atoms with Crippen molar-refractivity contribution in [2.24, 2.45) is 0 Å². The molecule has 0 fully saturated rings. The predicted molar refractivity (Wildman–Crippen MR) is 113 cm³/mol. The fourth-order valence-corrected chi connectivity index (χ4v) is 4.09. The predicted octanol–water partition coefficient (Wildman–Crippen LogP) is 4.96. The SMILES string of the molecule is COc1ccc(C)c2sc(N(Cc3ccccc3)C(=O)c3ccc([N+](=O)[O-])o3)nc12. The molecule has 2 aromatic heterocycles. The number of fused-ring (bicyclic) bond motifs is 1. The van der Waals surface area contributed by atoms with Crippen LogP contribution in [-0.4, -0.2) is 22.9 Å². The van der Waals surface area contributed by atoms with Gasteiger partial charge in [-0.15, -0.1) is 0 Å². The monoisotopic (exact) mass is 423 g/mol. The zero-order valence-corrected chi connectivity index (χ0v) is 17.0. The van der Waals surface area contributed by atoms with Crippen LogP contribution in [0.25, 0.3) is 10.2 Å². The number of carbonyl (C=O) groups excluding carboxylic acids is 1. The van der Waals surface area contributed by atoms with E-state index in [4.69, 9.17) is 9.15 Å². The highest BCUT2D eigenvalue weighted by molar-refractivity contribution is 7.22. The van der Waals surface area contributed by atoms with E-state index in [1.54, 1.807) is 7.11 Å². The van der Waals surface area contributed by atoms with Crippen LogP contribution in [0, 0.1) is 17.0 Å². The first-order valence-electron chi connectivity index (χ1n) is 9.02. The van der Waals surface area contributed by atoms with E-state index >= 15 is 0 Å². The molecule has 0 spiro atoms. The van der Waals surface area contributed by atoms with E-state index in [0.717, 1.165) is 15.8 Å². The van der Waals surface area contributed by atoms with Crippen LogP contribution in [0.4, 0.5) is 11.0 Å². The van der Waals surface area contributed by atoms with Crippen LogP contribution in [0.5, 0.6) is 5.75 Å². The summed E-state index contributed by atoms with van der Waals surface area (Å²) in [6, 6.07) is 15.7. The molecule has 0 aliphatic heterocycles. The van der Waals surface area contributed by atoms with Crippen LogP contribution in [0.3, 0.4) is 0 Å². The maximum absolute atomic E-state index is 13.2. The van der Waals surface area contributed by atoms with Crippen molar-refractivity contribution < 1.29 is 18.9 Å². The molecule has 0 aliphatic carbocycles. The molecule has 1 amide bonds. The fourth-order valence-electron chi connectivity index (χ4n) is 3.04. The van der Waals surface area contributed by atoms with Gasteiger partial charge in [0.1, 0.15) is 16.2 Å². The molecular weight excluding hydrogens is 406 g/mol. The Morgan fingerprint density at radius 1 is 1.20 bits per heavy atom. The lowest BCUT2D eigenvalue weighted by Crippen LogP contribution is -2.30. The number of amides is 1. The van der Waals surface area contributed by atoms with E-state index in [0.29, 0.717) is 16.4 Å². The molecule has 2 aromatic carbocycles. The smallest absolute Gasteiger partial charge is 0.433 e. The second kappa shape index (κ2) is 7.96. The Bertz CT molecular complexity index is 1230. The lowest BCUT2D eigenvalue weighted by molar-refractivity contribution is -0.402. The van der Waals surface area contributed by atoms with Gasteiger partial charge < -0.3 is 9.15 Å². The van der Waals surface area contributed by atoms with Crippen LogP contribution in [0.1, 0.15) is 21.7 Å². The van der Waals surface area contributed by atoms with Crippen LogP contribution >= 0.6 is 11.3 Å². The Balaban J connectivity index is 1.80. The van der Waals surface area contributed by atoms with Crippen molar-refractivity contribution in [2.45, 2.75) is 13.5 Å².